The van der Waals surface area contributed by atoms with Crippen molar-refractivity contribution in [3.8, 4) is 5.75 Å². The molecule has 5 heteroatoms. The van der Waals surface area contributed by atoms with Crippen molar-refractivity contribution >= 4 is 16.9 Å². The molecule has 0 N–H and O–H groups in total. The van der Waals surface area contributed by atoms with E-state index < -0.39 is 0 Å². The minimum Gasteiger partial charge on any atom is -0.493 e. The summed E-state index contributed by atoms with van der Waals surface area (Å²) in [5, 5.41) is 0.615. The molecule has 1 aliphatic heterocycles. The molecule has 0 unspecified atom stereocenters. The number of nitrogens with zero attached hydrogens (tertiary/aromatic N) is 1. The summed E-state index contributed by atoms with van der Waals surface area (Å²) in [6.45, 7) is 5.53. The molecule has 1 saturated heterocycles. The molecular formula is C21H27NO4. The lowest BCUT2D eigenvalue weighted by molar-refractivity contribution is 0.121. The summed E-state index contributed by atoms with van der Waals surface area (Å²) < 4.78 is 17.6. The summed E-state index contributed by atoms with van der Waals surface area (Å²) in [6, 6.07) is 5.33. The number of ether oxygens (including phenoxy) is 2. The number of morpholine rings is 1. The van der Waals surface area contributed by atoms with E-state index in [1.807, 2.05) is 19.1 Å². The minimum atomic E-state index is -0.00493. The maximum atomic E-state index is 12.6. The Morgan fingerprint density at radius 3 is 2.69 bits per heavy atom. The van der Waals surface area contributed by atoms with Gasteiger partial charge in [-0.25, -0.2) is 0 Å². The van der Waals surface area contributed by atoms with Gasteiger partial charge in [0.25, 0.3) is 0 Å². The number of aryl methyl sites for hydroxylation is 1. The van der Waals surface area contributed by atoms with Crippen molar-refractivity contribution in [2.24, 2.45) is 5.92 Å². The van der Waals surface area contributed by atoms with Gasteiger partial charge in [0.15, 0.2) is 11.3 Å². The van der Waals surface area contributed by atoms with Crippen molar-refractivity contribution in [1.82, 2.24) is 0 Å². The second-order valence-electron chi connectivity index (χ2n) is 7.43. The van der Waals surface area contributed by atoms with Gasteiger partial charge in [-0.1, -0.05) is 19.3 Å². The molecule has 1 aromatic carbocycles. The summed E-state index contributed by atoms with van der Waals surface area (Å²) >= 11 is 0. The standard InChI is InChI=1S/C21H27NO4/c1-15-19(25-14-16-5-3-2-4-6-16)8-7-17-18(23)13-20(26-21(15)17)22-9-11-24-12-10-22/h7-8,13,16H,2-6,9-12,14H2,1H3. The quantitative estimate of drug-likeness (QED) is 0.831. The third-order valence-corrected chi connectivity index (χ3v) is 5.60. The summed E-state index contributed by atoms with van der Waals surface area (Å²) in [4.78, 5) is 14.6. The molecular weight excluding hydrogens is 330 g/mol. The highest BCUT2D eigenvalue weighted by Crippen LogP contribution is 2.30. The van der Waals surface area contributed by atoms with E-state index in [2.05, 4.69) is 4.90 Å². The van der Waals surface area contributed by atoms with Crippen molar-refractivity contribution in [3.05, 3.63) is 34.0 Å². The van der Waals surface area contributed by atoms with Crippen LogP contribution < -0.4 is 15.1 Å². The highest BCUT2D eigenvalue weighted by molar-refractivity contribution is 5.82. The van der Waals surface area contributed by atoms with E-state index in [9.17, 15) is 4.79 Å². The molecule has 2 heterocycles. The van der Waals surface area contributed by atoms with E-state index in [4.69, 9.17) is 13.9 Å². The van der Waals surface area contributed by atoms with E-state index in [0.717, 1.165) is 31.0 Å². The normalized spacial score (nSPS) is 19.0. The van der Waals surface area contributed by atoms with Crippen LogP contribution in [0.15, 0.2) is 27.4 Å². The number of anilines is 1. The first-order valence-corrected chi connectivity index (χ1v) is 9.75. The van der Waals surface area contributed by atoms with E-state index in [0.29, 0.717) is 36.0 Å². The van der Waals surface area contributed by atoms with Gasteiger partial charge in [0.05, 0.1) is 25.2 Å². The van der Waals surface area contributed by atoms with Gasteiger partial charge in [0.1, 0.15) is 11.3 Å². The Labute approximate surface area is 153 Å². The van der Waals surface area contributed by atoms with Crippen molar-refractivity contribution in [3.63, 3.8) is 0 Å². The molecule has 140 valence electrons. The van der Waals surface area contributed by atoms with Crippen LogP contribution in [-0.2, 0) is 4.74 Å². The Kier molecular flexibility index (Phi) is 5.16. The lowest BCUT2D eigenvalue weighted by atomic mass is 9.90. The van der Waals surface area contributed by atoms with E-state index in [-0.39, 0.29) is 5.43 Å². The zero-order chi connectivity index (χ0) is 17.9. The molecule has 2 aromatic rings. The smallest absolute Gasteiger partial charge is 0.200 e. The van der Waals surface area contributed by atoms with E-state index in [1.54, 1.807) is 6.07 Å². The summed E-state index contributed by atoms with van der Waals surface area (Å²) in [5.41, 5.74) is 1.54. The number of fused-ring (bicyclic) bond motifs is 1. The van der Waals surface area contributed by atoms with Gasteiger partial charge in [-0.05, 0) is 37.8 Å². The fourth-order valence-corrected chi connectivity index (χ4v) is 3.98. The first-order valence-electron chi connectivity index (χ1n) is 9.75. The molecule has 0 spiro atoms. The topological polar surface area (TPSA) is 51.9 Å². The van der Waals surface area contributed by atoms with Gasteiger partial charge in [-0.15, -0.1) is 0 Å². The second-order valence-corrected chi connectivity index (χ2v) is 7.43. The van der Waals surface area contributed by atoms with Crippen LogP contribution in [0.4, 0.5) is 5.88 Å². The molecule has 1 saturated carbocycles. The van der Waals surface area contributed by atoms with Gasteiger partial charge in [0.2, 0.25) is 0 Å². The molecule has 2 aliphatic rings. The third kappa shape index (κ3) is 3.58. The molecule has 0 atom stereocenters. The SMILES string of the molecule is Cc1c(OCC2CCCCC2)ccc2c(=O)cc(N3CCOCC3)oc12. The molecule has 26 heavy (non-hydrogen) atoms. The average molecular weight is 357 g/mol. The van der Waals surface area contributed by atoms with E-state index >= 15 is 0 Å². The van der Waals surface area contributed by atoms with Crippen LogP contribution in [0, 0.1) is 12.8 Å². The van der Waals surface area contributed by atoms with Gasteiger partial charge in [-0.2, -0.15) is 0 Å². The molecule has 0 bridgehead atoms. The Balaban J connectivity index is 1.61. The summed E-state index contributed by atoms with van der Waals surface area (Å²) in [6.07, 6.45) is 6.47. The monoisotopic (exact) mass is 357 g/mol. The zero-order valence-corrected chi connectivity index (χ0v) is 15.5. The summed E-state index contributed by atoms with van der Waals surface area (Å²) in [5.74, 6) is 2.09. The fraction of sp³-hybridized carbons (Fsp3) is 0.571. The maximum absolute atomic E-state index is 12.6. The zero-order valence-electron chi connectivity index (χ0n) is 15.5. The average Bonchev–Trinajstić information content (AvgIpc) is 2.69. The second kappa shape index (κ2) is 7.70. The molecule has 2 fully saturated rings. The van der Waals surface area contributed by atoms with Crippen molar-refractivity contribution < 1.29 is 13.9 Å². The van der Waals surface area contributed by atoms with Crippen LogP contribution in [0.5, 0.6) is 5.75 Å². The van der Waals surface area contributed by atoms with Crippen molar-refractivity contribution in [2.75, 3.05) is 37.8 Å². The fourth-order valence-electron chi connectivity index (χ4n) is 3.98. The molecule has 5 nitrogen and oxygen atoms in total. The third-order valence-electron chi connectivity index (χ3n) is 5.60. The number of rotatable bonds is 4. The molecule has 4 rings (SSSR count). The lowest BCUT2D eigenvalue weighted by Gasteiger charge is -2.27. The van der Waals surface area contributed by atoms with Crippen molar-refractivity contribution in [2.45, 2.75) is 39.0 Å². The van der Waals surface area contributed by atoms with Gasteiger partial charge in [-0.3, -0.25) is 4.79 Å². The first kappa shape index (κ1) is 17.4. The molecule has 1 aliphatic carbocycles. The van der Waals surface area contributed by atoms with Gasteiger partial charge >= 0.3 is 0 Å². The highest BCUT2D eigenvalue weighted by Gasteiger charge is 2.18. The number of benzene rings is 1. The molecule has 0 radical (unpaired) electrons. The number of hydrogen-bond donors (Lipinski definition) is 0. The lowest BCUT2D eigenvalue weighted by Crippen LogP contribution is -2.36. The van der Waals surface area contributed by atoms with Crippen LogP contribution in [0.3, 0.4) is 0 Å². The van der Waals surface area contributed by atoms with Gasteiger partial charge < -0.3 is 18.8 Å². The Hall–Kier alpha value is -2.01. The van der Waals surface area contributed by atoms with Crippen LogP contribution >= 0.6 is 0 Å². The maximum Gasteiger partial charge on any atom is 0.200 e. The van der Waals surface area contributed by atoms with Crippen LogP contribution in [-0.4, -0.2) is 32.9 Å². The van der Waals surface area contributed by atoms with Gasteiger partial charge in [0, 0.05) is 24.7 Å². The predicted octanol–water partition coefficient (Wildman–Crippen LogP) is 3.90. The van der Waals surface area contributed by atoms with Crippen LogP contribution in [0.1, 0.15) is 37.7 Å². The highest BCUT2D eigenvalue weighted by atomic mass is 16.5. The Bertz CT molecular complexity index is 817. The molecule has 1 aromatic heterocycles. The van der Waals surface area contributed by atoms with Crippen LogP contribution in [0.25, 0.3) is 11.0 Å². The first-order chi connectivity index (χ1) is 12.7. The van der Waals surface area contributed by atoms with Crippen molar-refractivity contribution in [1.29, 1.82) is 0 Å². The minimum absolute atomic E-state index is 0.00493. The Morgan fingerprint density at radius 2 is 1.92 bits per heavy atom. The summed E-state index contributed by atoms with van der Waals surface area (Å²) in [7, 11) is 0. The van der Waals surface area contributed by atoms with Crippen LogP contribution in [0.2, 0.25) is 0 Å². The Morgan fingerprint density at radius 1 is 1.15 bits per heavy atom. The predicted molar refractivity (Wildman–Crippen MR) is 102 cm³/mol. The van der Waals surface area contributed by atoms with E-state index in [1.165, 1.54) is 32.1 Å². The number of hydrogen-bond acceptors (Lipinski definition) is 5. The molecule has 0 amide bonds. The largest absolute Gasteiger partial charge is 0.493 e.